The molecule has 1 saturated heterocycles. The van der Waals surface area contributed by atoms with Crippen LogP contribution in [0.4, 0.5) is 5.69 Å². The van der Waals surface area contributed by atoms with Crippen molar-refractivity contribution < 1.29 is 17.9 Å². The number of ether oxygens (including phenoxy) is 1. The van der Waals surface area contributed by atoms with Crippen LogP contribution in [0.15, 0.2) is 51.8 Å². The number of anilines is 1. The lowest BCUT2D eigenvalue weighted by molar-refractivity contribution is -0.122. The number of carbonyl (C=O) groups is 1. The quantitative estimate of drug-likeness (QED) is 0.720. The molecule has 1 unspecified atom stereocenters. The van der Waals surface area contributed by atoms with Gasteiger partial charge in [0.05, 0.1) is 17.4 Å². The first-order valence-electron chi connectivity index (χ1n) is 8.52. The van der Waals surface area contributed by atoms with Gasteiger partial charge < -0.3 is 9.64 Å². The second-order valence-corrected chi connectivity index (χ2v) is 9.73. The number of methoxy groups -OCH3 is 1. The number of nitrogens with zero attached hydrogens (tertiary/aromatic N) is 2. The molecule has 0 saturated carbocycles. The summed E-state index contributed by atoms with van der Waals surface area (Å²) in [6.45, 7) is 0.434. The van der Waals surface area contributed by atoms with E-state index in [2.05, 4.69) is 15.9 Å². The predicted molar refractivity (Wildman–Crippen MR) is 106 cm³/mol. The minimum Gasteiger partial charge on any atom is -0.497 e. The van der Waals surface area contributed by atoms with E-state index in [1.165, 1.54) is 4.31 Å². The Morgan fingerprint density at radius 1 is 1.15 bits per heavy atom. The minimum absolute atomic E-state index is 0.0701. The lowest BCUT2D eigenvalue weighted by Gasteiger charge is -2.23. The van der Waals surface area contributed by atoms with Crippen LogP contribution >= 0.6 is 15.9 Å². The van der Waals surface area contributed by atoms with Crippen molar-refractivity contribution in [1.29, 1.82) is 0 Å². The number of hydrogen-bond donors (Lipinski definition) is 0. The second kappa shape index (κ2) is 6.32. The molecular weight excluding hydrogens is 432 g/mol. The molecule has 142 valence electrons. The van der Waals surface area contributed by atoms with Crippen molar-refractivity contribution in [1.82, 2.24) is 4.31 Å². The van der Waals surface area contributed by atoms with Crippen molar-refractivity contribution in [2.75, 3.05) is 32.1 Å². The molecule has 27 heavy (non-hydrogen) atoms. The number of fused-ring (bicyclic) bond motifs is 2. The first-order chi connectivity index (χ1) is 12.8. The van der Waals surface area contributed by atoms with Crippen molar-refractivity contribution >= 4 is 37.5 Å². The van der Waals surface area contributed by atoms with E-state index < -0.39 is 15.4 Å². The normalized spacial score (nSPS) is 22.5. The van der Waals surface area contributed by atoms with Crippen molar-refractivity contribution in [3.05, 3.63) is 52.5 Å². The van der Waals surface area contributed by atoms with Gasteiger partial charge in [0.25, 0.3) is 0 Å². The Bertz CT molecular complexity index is 1020. The minimum atomic E-state index is -3.67. The molecule has 2 aromatic carbocycles. The maximum Gasteiger partial charge on any atom is 0.243 e. The summed E-state index contributed by atoms with van der Waals surface area (Å²) in [5.41, 5.74) is 0.785. The standard InChI is InChI=1S/C19H19BrN2O4S/c1-21-17-8-5-14(26-2)11-16(17)19(18(21)23)9-10-22(12-19)27(24,25)15-6-3-13(20)4-7-15/h3-8,11H,9-10,12H2,1-2H3. The molecule has 0 bridgehead atoms. The summed E-state index contributed by atoms with van der Waals surface area (Å²) in [6, 6.07) is 12.1. The maximum atomic E-state index is 13.1. The van der Waals surface area contributed by atoms with E-state index in [9.17, 15) is 13.2 Å². The van der Waals surface area contributed by atoms with Gasteiger partial charge in [0.1, 0.15) is 5.75 Å². The van der Waals surface area contributed by atoms with Gasteiger partial charge in [-0.25, -0.2) is 8.42 Å². The maximum absolute atomic E-state index is 13.1. The Kier molecular flexibility index (Phi) is 4.32. The SMILES string of the molecule is COc1ccc2c(c1)C1(CCN(S(=O)(=O)c3ccc(Br)cc3)C1)C(=O)N2C. The number of sulfonamides is 1. The van der Waals surface area contributed by atoms with Crippen molar-refractivity contribution in [2.45, 2.75) is 16.7 Å². The molecule has 1 atom stereocenters. The zero-order chi connectivity index (χ0) is 19.4. The van der Waals surface area contributed by atoms with Crippen LogP contribution in [0.1, 0.15) is 12.0 Å². The van der Waals surface area contributed by atoms with E-state index in [0.29, 0.717) is 18.7 Å². The fraction of sp³-hybridized carbons (Fsp3) is 0.316. The van der Waals surface area contributed by atoms with Gasteiger partial charge in [-0.05, 0) is 54.4 Å². The lowest BCUT2D eigenvalue weighted by Crippen LogP contribution is -2.42. The second-order valence-electron chi connectivity index (χ2n) is 6.87. The molecule has 4 rings (SSSR count). The summed E-state index contributed by atoms with van der Waals surface area (Å²) >= 11 is 3.32. The van der Waals surface area contributed by atoms with Crippen molar-refractivity contribution in [3.63, 3.8) is 0 Å². The van der Waals surface area contributed by atoms with Gasteiger partial charge >= 0.3 is 0 Å². The molecule has 2 aromatic rings. The smallest absolute Gasteiger partial charge is 0.243 e. The van der Waals surface area contributed by atoms with E-state index in [1.54, 1.807) is 43.3 Å². The zero-order valence-corrected chi connectivity index (χ0v) is 17.4. The van der Waals surface area contributed by atoms with Gasteiger partial charge in [-0.1, -0.05) is 15.9 Å². The largest absolute Gasteiger partial charge is 0.497 e. The molecule has 0 aliphatic carbocycles. The summed E-state index contributed by atoms with van der Waals surface area (Å²) in [5, 5.41) is 0. The van der Waals surface area contributed by atoms with Crippen LogP contribution in [0.2, 0.25) is 0 Å². The van der Waals surface area contributed by atoms with Crippen LogP contribution in [0.5, 0.6) is 5.75 Å². The van der Waals surface area contributed by atoms with Gasteiger partial charge in [0.15, 0.2) is 0 Å². The van der Waals surface area contributed by atoms with Crippen LogP contribution in [-0.2, 0) is 20.2 Å². The topological polar surface area (TPSA) is 66.9 Å². The fourth-order valence-electron chi connectivity index (χ4n) is 3.99. The summed E-state index contributed by atoms with van der Waals surface area (Å²) in [5.74, 6) is 0.588. The highest BCUT2D eigenvalue weighted by molar-refractivity contribution is 9.10. The number of likely N-dealkylation sites (N-methyl/N-ethyl adjacent to an activating group) is 1. The molecule has 1 spiro atoms. The molecule has 8 heteroatoms. The molecule has 0 aromatic heterocycles. The average molecular weight is 451 g/mol. The molecule has 1 amide bonds. The van der Waals surface area contributed by atoms with E-state index in [-0.39, 0.29) is 17.3 Å². The Balaban J connectivity index is 1.74. The van der Waals surface area contributed by atoms with Crippen LogP contribution in [0, 0.1) is 0 Å². The van der Waals surface area contributed by atoms with Gasteiger partial charge in [-0.2, -0.15) is 4.31 Å². The summed E-state index contributed by atoms with van der Waals surface area (Å²) in [4.78, 5) is 14.9. The average Bonchev–Trinajstić information content (AvgIpc) is 3.21. The Morgan fingerprint density at radius 2 is 1.85 bits per heavy atom. The monoisotopic (exact) mass is 450 g/mol. The third-order valence-corrected chi connectivity index (χ3v) is 7.87. The third kappa shape index (κ3) is 2.69. The zero-order valence-electron chi connectivity index (χ0n) is 15.0. The summed E-state index contributed by atoms with van der Waals surface area (Å²) in [7, 11) is -0.360. The molecule has 1 fully saturated rings. The highest BCUT2D eigenvalue weighted by Crippen LogP contribution is 2.48. The van der Waals surface area contributed by atoms with Gasteiger partial charge in [0, 0.05) is 30.3 Å². The number of carbonyl (C=O) groups excluding carboxylic acids is 1. The third-order valence-electron chi connectivity index (χ3n) is 5.48. The lowest BCUT2D eigenvalue weighted by atomic mass is 9.81. The molecule has 0 N–H and O–H groups in total. The van der Waals surface area contributed by atoms with E-state index >= 15 is 0 Å². The predicted octanol–water partition coefficient (Wildman–Crippen LogP) is 2.77. The molecule has 2 aliphatic rings. The Labute approximate surface area is 166 Å². The number of hydrogen-bond acceptors (Lipinski definition) is 4. The van der Waals surface area contributed by atoms with Crippen LogP contribution < -0.4 is 9.64 Å². The van der Waals surface area contributed by atoms with Crippen LogP contribution in [0.3, 0.4) is 0 Å². The van der Waals surface area contributed by atoms with Crippen LogP contribution in [-0.4, -0.2) is 45.9 Å². The van der Waals surface area contributed by atoms with Gasteiger partial charge in [-0.3, -0.25) is 4.79 Å². The molecule has 2 aliphatic heterocycles. The number of halogens is 1. The Morgan fingerprint density at radius 3 is 2.52 bits per heavy atom. The fourth-order valence-corrected chi connectivity index (χ4v) is 5.76. The summed E-state index contributed by atoms with van der Waals surface area (Å²) in [6.07, 6.45) is 0.450. The molecule has 6 nitrogen and oxygen atoms in total. The Hall–Kier alpha value is -1.90. The van der Waals surface area contributed by atoms with E-state index in [0.717, 1.165) is 15.7 Å². The number of rotatable bonds is 3. The van der Waals surface area contributed by atoms with E-state index in [1.807, 2.05) is 18.2 Å². The number of benzene rings is 2. The first kappa shape index (κ1) is 18.5. The van der Waals surface area contributed by atoms with Gasteiger partial charge in [0.2, 0.25) is 15.9 Å². The molecular formula is C19H19BrN2O4S. The molecule has 0 radical (unpaired) electrons. The van der Waals surface area contributed by atoms with Crippen molar-refractivity contribution in [2.24, 2.45) is 0 Å². The van der Waals surface area contributed by atoms with E-state index in [4.69, 9.17) is 4.74 Å². The van der Waals surface area contributed by atoms with Crippen molar-refractivity contribution in [3.8, 4) is 5.75 Å². The number of amides is 1. The van der Waals surface area contributed by atoms with Gasteiger partial charge in [-0.15, -0.1) is 0 Å². The summed E-state index contributed by atoms with van der Waals surface area (Å²) < 4.78 is 33.7. The highest BCUT2D eigenvalue weighted by Gasteiger charge is 2.55. The first-order valence-corrected chi connectivity index (χ1v) is 10.8. The molecule has 2 heterocycles. The highest BCUT2D eigenvalue weighted by atomic mass is 79.9. The van der Waals surface area contributed by atoms with Crippen LogP contribution in [0.25, 0.3) is 0 Å².